The number of ether oxygens (including phenoxy) is 1. The van der Waals surface area contributed by atoms with Gasteiger partial charge in [0.1, 0.15) is 17.5 Å². The zero-order valence-corrected chi connectivity index (χ0v) is 19.0. The first-order chi connectivity index (χ1) is 14.6. The number of amides is 1. The van der Waals surface area contributed by atoms with E-state index >= 15 is 0 Å². The van der Waals surface area contributed by atoms with Crippen molar-refractivity contribution in [2.75, 3.05) is 12.4 Å². The van der Waals surface area contributed by atoms with Gasteiger partial charge in [0, 0.05) is 6.42 Å². The van der Waals surface area contributed by atoms with E-state index in [0.717, 1.165) is 16.9 Å². The van der Waals surface area contributed by atoms with Crippen molar-refractivity contribution in [2.45, 2.75) is 19.0 Å². The monoisotopic (exact) mass is 479 g/mol. The van der Waals surface area contributed by atoms with Gasteiger partial charge in [-0.3, -0.25) is 10.1 Å². The van der Waals surface area contributed by atoms with Gasteiger partial charge in [0.25, 0.3) is 0 Å². The third-order valence-electron chi connectivity index (χ3n) is 4.41. The van der Waals surface area contributed by atoms with Crippen LogP contribution < -0.4 is 14.9 Å². The van der Waals surface area contributed by atoms with Gasteiger partial charge in [0.15, 0.2) is 16.5 Å². The number of carbonyl (C=O) groups excluding carboxylic acids is 1. The van der Waals surface area contributed by atoms with Crippen LogP contribution in [-0.2, 0) is 30.3 Å². The molecule has 1 unspecified atom stereocenters. The first-order valence-corrected chi connectivity index (χ1v) is 11.6. The summed E-state index contributed by atoms with van der Waals surface area (Å²) < 4.78 is 13.5. The molecular formula is C19H17N3O4S4. The number of benzene rings is 2. The maximum Gasteiger partial charge on any atom is 0.247 e. The molecule has 0 saturated carbocycles. The molecular weight excluding hydrogens is 462 g/mol. The number of aromatic nitrogens is 1. The van der Waals surface area contributed by atoms with E-state index < -0.39 is 6.04 Å². The average molecular weight is 480 g/mol. The van der Waals surface area contributed by atoms with Crippen molar-refractivity contribution >= 4 is 56.5 Å². The highest BCUT2D eigenvalue weighted by molar-refractivity contribution is 7.79. The normalized spacial score (nSPS) is 15.3. The van der Waals surface area contributed by atoms with Crippen molar-refractivity contribution in [3.63, 3.8) is 0 Å². The molecule has 11 heteroatoms. The molecule has 1 aliphatic rings. The van der Waals surface area contributed by atoms with Crippen molar-refractivity contribution in [1.29, 1.82) is 0 Å². The van der Waals surface area contributed by atoms with Crippen molar-refractivity contribution < 1.29 is 18.6 Å². The molecule has 0 fully saturated rings. The predicted molar refractivity (Wildman–Crippen MR) is 121 cm³/mol. The molecule has 2 heterocycles. The van der Waals surface area contributed by atoms with Crippen LogP contribution in [0.2, 0.25) is 0 Å². The lowest BCUT2D eigenvalue weighted by Gasteiger charge is -2.34. The first kappa shape index (κ1) is 22.4. The Morgan fingerprint density at radius 2 is 1.77 bits per heavy atom. The molecule has 1 N–H and O–H groups in total. The highest BCUT2D eigenvalue weighted by Crippen LogP contribution is 2.27. The van der Waals surface area contributed by atoms with Gasteiger partial charge in [-0.1, -0.05) is 24.3 Å². The second kappa shape index (κ2) is 10.6. The molecule has 4 rings (SSSR count). The number of nitrogens with one attached hydrogen (secondary N) is 1. The molecule has 1 aliphatic heterocycles. The van der Waals surface area contributed by atoms with E-state index in [2.05, 4.69) is 28.9 Å². The maximum atomic E-state index is 13.0. The average Bonchev–Trinajstić information content (AvgIpc) is 3.19. The summed E-state index contributed by atoms with van der Waals surface area (Å²) in [6.07, 6.45) is 0.549. The van der Waals surface area contributed by atoms with Crippen LogP contribution in [0.4, 0.5) is 5.13 Å². The number of nitrogens with zero attached hydrogens (tertiary/aromatic N) is 2. The van der Waals surface area contributed by atoms with Crippen LogP contribution >= 0.6 is 32.9 Å². The van der Waals surface area contributed by atoms with Gasteiger partial charge in [-0.05, 0) is 68.3 Å². The summed E-state index contributed by atoms with van der Waals surface area (Å²) in [5.41, 5.74) is 2.28. The van der Waals surface area contributed by atoms with Gasteiger partial charge in [0.2, 0.25) is 11.0 Å². The summed E-state index contributed by atoms with van der Waals surface area (Å²) in [5, 5.41) is 5.10. The van der Waals surface area contributed by atoms with Crippen molar-refractivity contribution in [2.24, 2.45) is 0 Å². The SMILES string of the molecule is COc1ccc(ON2Cc3ccccc3CC2C(=O)Nc2nc(=S)ss2)cc1.O=S. The molecule has 1 atom stereocenters. The van der Waals surface area contributed by atoms with Gasteiger partial charge >= 0.3 is 0 Å². The second-order valence-electron chi connectivity index (χ2n) is 6.17. The zero-order chi connectivity index (χ0) is 21.5. The van der Waals surface area contributed by atoms with Crippen LogP contribution in [0.5, 0.6) is 11.5 Å². The summed E-state index contributed by atoms with van der Waals surface area (Å²) in [6, 6.07) is 14.9. The minimum atomic E-state index is -0.487. The largest absolute Gasteiger partial charge is 0.497 e. The topological polar surface area (TPSA) is 80.8 Å². The van der Waals surface area contributed by atoms with Gasteiger partial charge in [-0.15, -0.1) is 5.06 Å². The van der Waals surface area contributed by atoms with Crippen molar-refractivity contribution in [1.82, 2.24) is 10.0 Å². The fourth-order valence-electron chi connectivity index (χ4n) is 3.02. The van der Waals surface area contributed by atoms with E-state index in [4.69, 9.17) is 26.0 Å². The number of anilines is 1. The maximum absolute atomic E-state index is 13.0. The lowest BCUT2D eigenvalue weighted by atomic mass is 9.95. The van der Waals surface area contributed by atoms with Crippen LogP contribution in [0.25, 0.3) is 0 Å². The third kappa shape index (κ3) is 5.43. The Morgan fingerprint density at radius 1 is 1.10 bits per heavy atom. The van der Waals surface area contributed by atoms with Crippen LogP contribution in [0, 0.1) is 3.95 Å². The first-order valence-electron chi connectivity index (χ1n) is 8.72. The summed E-state index contributed by atoms with van der Waals surface area (Å²) >= 11 is 7.88. The summed E-state index contributed by atoms with van der Waals surface area (Å²) in [6.45, 7) is 0.507. The van der Waals surface area contributed by atoms with Crippen LogP contribution in [0.15, 0.2) is 48.5 Å². The smallest absolute Gasteiger partial charge is 0.247 e. The lowest BCUT2D eigenvalue weighted by molar-refractivity contribution is -0.144. The van der Waals surface area contributed by atoms with E-state index in [0.29, 0.717) is 27.8 Å². The van der Waals surface area contributed by atoms with E-state index in [-0.39, 0.29) is 5.91 Å². The molecule has 2 aromatic carbocycles. The molecule has 30 heavy (non-hydrogen) atoms. The number of rotatable bonds is 5. The molecule has 3 aromatic rings. The zero-order valence-electron chi connectivity index (χ0n) is 15.8. The minimum absolute atomic E-state index is 0.167. The number of methoxy groups -OCH3 is 1. The van der Waals surface area contributed by atoms with E-state index in [1.165, 1.54) is 20.7 Å². The Hall–Kier alpha value is -2.31. The summed E-state index contributed by atoms with van der Waals surface area (Å²) in [5.74, 6) is 1.22. The number of carbonyl (C=O) groups is 1. The second-order valence-corrected chi connectivity index (χ2v) is 8.92. The molecule has 0 saturated heterocycles. The molecule has 0 spiro atoms. The Morgan fingerprint density at radius 3 is 2.40 bits per heavy atom. The Bertz CT molecular complexity index is 1050. The van der Waals surface area contributed by atoms with Crippen LogP contribution in [-0.4, -0.2) is 33.3 Å². The predicted octanol–water partition coefficient (Wildman–Crippen LogP) is 3.97. The standard InChI is InChI=1S/C19H17N3O3S3.OS/c1-24-14-6-8-15(9-7-14)25-22-11-13-5-3-2-4-12(13)10-16(22)17(23)20-18-21-19(26)28-27-18;1-2/h2-9,16H,10-11H2,1H3,(H,20,21,23,26);. The van der Waals surface area contributed by atoms with Gasteiger partial charge in [0.05, 0.1) is 13.7 Å². The summed E-state index contributed by atoms with van der Waals surface area (Å²) in [4.78, 5) is 23.2. The van der Waals surface area contributed by atoms with Gasteiger partial charge in [-0.2, -0.15) is 9.19 Å². The van der Waals surface area contributed by atoms with Crippen LogP contribution in [0.1, 0.15) is 11.1 Å². The minimum Gasteiger partial charge on any atom is -0.497 e. The molecule has 1 aromatic heterocycles. The number of hydroxylamine groups is 2. The Balaban J connectivity index is 0.00000124. The molecule has 1 amide bonds. The Kier molecular flexibility index (Phi) is 7.94. The molecule has 7 nitrogen and oxygen atoms in total. The van der Waals surface area contributed by atoms with E-state index in [1.807, 2.05) is 42.5 Å². The lowest BCUT2D eigenvalue weighted by Crippen LogP contribution is -2.49. The van der Waals surface area contributed by atoms with Crippen molar-refractivity contribution in [3.05, 3.63) is 63.6 Å². The number of hydrogen-bond acceptors (Lipinski definition) is 10. The molecule has 0 bridgehead atoms. The third-order valence-corrected chi connectivity index (χ3v) is 6.93. The highest BCUT2D eigenvalue weighted by Gasteiger charge is 2.33. The van der Waals surface area contributed by atoms with Gasteiger partial charge in [-0.25, -0.2) is 0 Å². The van der Waals surface area contributed by atoms with E-state index in [1.54, 1.807) is 12.2 Å². The fourth-order valence-corrected chi connectivity index (χ4v) is 4.89. The fraction of sp³-hybridized carbons (Fsp3) is 0.211. The molecule has 0 aliphatic carbocycles. The van der Waals surface area contributed by atoms with Gasteiger partial charge < -0.3 is 9.57 Å². The molecule has 0 radical (unpaired) electrons. The van der Waals surface area contributed by atoms with Crippen LogP contribution in [0.3, 0.4) is 0 Å². The van der Waals surface area contributed by atoms with Crippen molar-refractivity contribution in [3.8, 4) is 11.5 Å². The number of hydrogen-bond donors (Lipinski definition) is 1. The Labute approximate surface area is 191 Å². The number of fused-ring (bicyclic) bond motifs is 1. The molecule has 156 valence electrons. The quantitative estimate of drug-likeness (QED) is 0.435. The highest BCUT2D eigenvalue weighted by atomic mass is 32.9. The van der Waals surface area contributed by atoms with E-state index in [9.17, 15) is 4.79 Å². The summed E-state index contributed by atoms with van der Waals surface area (Å²) in [7, 11) is 4.34.